The largest absolute Gasteiger partial charge is 0.479 e. The molecule has 1 saturated carbocycles. The Morgan fingerprint density at radius 2 is 1.64 bits per heavy atom. The van der Waals surface area contributed by atoms with Gasteiger partial charge in [-0.15, -0.1) is 0 Å². The summed E-state index contributed by atoms with van der Waals surface area (Å²) in [4.78, 5) is 29.0. The van der Waals surface area contributed by atoms with Crippen LogP contribution in [0.5, 0.6) is 0 Å². The summed E-state index contributed by atoms with van der Waals surface area (Å²) in [5, 5.41) is 25.7. The Hall–Kier alpha value is -4.00. The Labute approximate surface area is 281 Å². The molecule has 4 N–H and O–H groups in total. The van der Waals surface area contributed by atoms with Crippen molar-refractivity contribution in [1.29, 1.82) is 0 Å². The van der Waals surface area contributed by atoms with Gasteiger partial charge in [0.15, 0.2) is 12.1 Å². The van der Waals surface area contributed by atoms with Crippen molar-refractivity contribution in [3.63, 3.8) is 0 Å². The number of aliphatic carboxylic acids is 1. The highest BCUT2D eigenvalue weighted by molar-refractivity contribution is 7.79. The van der Waals surface area contributed by atoms with E-state index in [4.69, 9.17) is 28.9 Å². The summed E-state index contributed by atoms with van der Waals surface area (Å²) in [5.41, 5.74) is 3.32. The number of alkyl halides is 3. The van der Waals surface area contributed by atoms with E-state index >= 15 is 0 Å². The number of carboxylic acid groups (broad SMARTS) is 1. The second-order valence-electron chi connectivity index (χ2n) is 11.3. The molecule has 2 atom stereocenters. The lowest BCUT2D eigenvalue weighted by Gasteiger charge is -2.30. The molecule has 250 valence electrons. The van der Waals surface area contributed by atoms with Crippen LogP contribution in [0.3, 0.4) is 0 Å². The summed E-state index contributed by atoms with van der Waals surface area (Å²) >= 11 is 11.3. The van der Waals surface area contributed by atoms with E-state index in [-0.39, 0.29) is 18.1 Å². The fourth-order valence-electron chi connectivity index (χ4n) is 5.35. The van der Waals surface area contributed by atoms with E-state index in [1.807, 2.05) is 24.3 Å². The minimum Gasteiger partial charge on any atom is -0.479 e. The Bertz CT molecular complexity index is 1530. The van der Waals surface area contributed by atoms with Crippen LogP contribution in [0.15, 0.2) is 77.8 Å². The van der Waals surface area contributed by atoms with Gasteiger partial charge in [0, 0.05) is 21.6 Å². The fourth-order valence-corrected chi connectivity index (χ4v) is 5.70. The summed E-state index contributed by atoms with van der Waals surface area (Å²) < 4.78 is 40.6. The quantitative estimate of drug-likeness (QED) is 0.0939. The van der Waals surface area contributed by atoms with Crippen molar-refractivity contribution >= 4 is 52.7 Å². The van der Waals surface area contributed by atoms with E-state index in [2.05, 4.69) is 15.6 Å². The molecule has 0 spiro atoms. The van der Waals surface area contributed by atoms with Crippen LogP contribution in [-0.2, 0) is 11.3 Å². The average Bonchev–Trinajstić information content (AvgIpc) is 3.07. The first-order chi connectivity index (χ1) is 22.4. The molecule has 1 unspecified atom stereocenters. The van der Waals surface area contributed by atoms with Crippen LogP contribution in [0.1, 0.15) is 71.1 Å². The van der Waals surface area contributed by atoms with E-state index < -0.39 is 43.3 Å². The molecule has 0 aliphatic heterocycles. The molecule has 0 heterocycles. The first-order valence-electron chi connectivity index (χ1n) is 15.2. The Morgan fingerprint density at radius 3 is 2.21 bits per heavy atom. The van der Waals surface area contributed by atoms with Gasteiger partial charge >= 0.3 is 12.1 Å². The smallest absolute Gasteiger partial charge is 0.408 e. The van der Waals surface area contributed by atoms with Crippen molar-refractivity contribution in [2.45, 2.75) is 62.9 Å². The molecule has 0 saturated heterocycles. The number of anilines is 1. The minimum absolute atomic E-state index is 0.0572. The van der Waals surface area contributed by atoms with Crippen molar-refractivity contribution in [2.75, 3.05) is 18.0 Å². The van der Waals surface area contributed by atoms with Gasteiger partial charge in [-0.1, -0.05) is 79.5 Å². The first kappa shape index (κ1) is 35.8. The molecular formula is C34H36ClF3N4O4S. The summed E-state index contributed by atoms with van der Waals surface area (Å²) in [6.45, 7) is -1.82. The second kappa shape index (κ2) is 16.7. The molecule has 0 bridgehead atoms. The number of halogens is 4. The number of nitrogens with one attached hydrogen (secondary N) is 2. The van der Waals surface area contributed by atoms with Gasteiger partial charge in [0.25, 0.3) is 5.91 Å². The maximum Gasteiger partial charge on any atom is 0.408 e. The number of nitrogens with zero attached hydrogens (tertiary/aromatic N) is 2. The molecule has 47 heavy (non-hydrogen) atoms. The van der Waals surface area contributed by atoms with Crippen LogP contribution < -0.4 is 15.5 Å². The monoisotopic (exact) mass is 688 g/mol. The summed E-state index contributed by atoms with van der Waals surface area (Å²) in [5.74, 6) is -1.68. The van der Waals surface area contributed by atoms with Crippen LogP contribution in [0.2, 0.25) is 5.02 Å². The highest BCUT2D eigenvalue weighted by Crippen LogP contribution is 2.34. The normalized spacial score (nSPS) is 15.4. The number of aliphatic imine (C=N–C) groups is 1. The molecule has 8 nitrogen and oxygen atoms in total. The first-order valence-corrected chi connectivity index (χ1v) is 16.0. The van der Waals surface area contributed by atoms with E-state index in [0.717, 1.165) is 25.7 Å². The number of carbonyl (C=O) groups excluding carboxylic acids is 1. The van der Waals surface area contributed by atoms with Crippen molar-refractivity contribution in [2.24, 2.45) is 4.99 Å². The van der Waals surface area contributed by atoms with Crippen molar-refractivity contribution < 1.29 is 33.0 Å². The van der Waals surface area contributed by atoms with Crippen LogP contribution >= 0.6 is 23.8 Å². The van der Waals surface area contributed by atoms with Crippen LogP contribution in [0.25, 0.3) is 0 Å². The van der Waals surface area contributed by atoms with Crippen molar-refractivity contribution in [1.82, 2.24) is 10.6 Å². The fraction of sp³-hybridized carbons (Fsp3) is 0.353. The molecule has 0 radical (unpaired) electrons. The average molecular weight is 689 g/mol. The maximum atomic E-state index is 13.5. The molecule has 0 aromatic heterocycles. The number of hydrogen-bond donors (Lipinski definition) is 4. The van der Waals surface area contributed by atoms with Crippen molar-refractivity contribution in [3.8, 4) is 0 Å². The Balaban J connectivity index is 1.67. The number of amides is 1. The Kier molecular flexibility index (Phi) is 12.7. The molecule has 4 rings (SSSR count). The number of rotatable bonds is 12. The minimum atomic E-state index is -4.57. The van der Waals surface area contributed by atoms with Gasteiger partial charge in [0.2, 0.25) is 0 Å². The second-order valence-corrected chi connectivity index (χ2v) is 12.0. The number of benzene rings is 3. The molecule has 3 aromatic rings. The molecule has 13 heteroatoms. The number of hydrogen-bond acceptors (Lipinski definition) is 5. The van der Waals surface area contributed by atoms with E-state index in [1.165, 1.54) is 29.5 Å². The predicted octanol–water partition coefficient (Wildman–Crippen LogP) is 6.82. The summed E-state index contributed by atoms with van der Waals surface area (Å²) in [6.07, 6.45) is -0.594. The highest BCUT2D eigenvalue weighted by Gasteiger charge is 2.29. The van der Waals surface area contributed by atoms with E-state index in [1.54, 1.807) is 41.3 Å². The predicted molar refractivity (Wildman–Crippen MR) is 180 cm³/mol. The standard InChI is InChI=1S/C34H36ClF3N4O4S/c35-27-14-10-25(11-15-27)29(20-47)41-33(40-21-34(36,37)38)42(28-16-12-24(13-17-28)23-4-2-1-3-5-23)19-22-6-8-26(9-7-22)31(44)39-18-30(43)32(45)46/h6-17,20,23,29-30,43H,1-5,18-19,21H2,(H,39,44)(H,40,41)(H,45,46)/t29?,30-/m1/s1. The van der Waals surface area contributed by atoms with Gasteiger partial charge in [-0.2, -0.15) is 13.2 Å². The molecule has 1 amide bonds. The summed E-state index contributed by atoms with van der Waals surface area (Å²) in [6, 6.07) is 20.2. The number of aliphatic hydroxyl groups excluding tert-OH is 1. The van der Waals surface area contributed by atoms with E-state index in [9.17, 15) is 27.9 Å². The Morgan fingerprint density at radius 1 is 1.00 bits per heavy atom. The lowest BCUT2D eigenvalue weighted by Crippen LogP contribution is -2.44. The molecule has 3 aromatic carbocycles. The zero-order chi connectivity index (χ0) is 34.0. The van der Waals surface area contributed by atoms with Gasteiger partial charge < -0.3 is 25.7 Å². The molecule has 1 aliphatic rings. The topological polar surface area (TPSA) is 114 Å². The van der Waals surface area contributed by atoms with Gasteiger partial charge in [-0.25, -0.2) is 9.79 Å². The van der Waals surface area contributed by atoms with Crippen LogP contribution in [-0.4, -0.2) is 58.8 Å². The maximum absolute atomic E-state index is 13.5. The third-order valence-electron chi connectivity index (χ3n) is 7.89. The number of carboxylic acids is 1. The third-order valence-corrected chi connectivity index (χ3v) is 8.42. The molecular weight excluding hydrogens is 653 g/mol. The lowest BCUT2D eigenvalue weighted by molar-refractivity contribution is -0.146. The van der Waals surface area contributed by atoms with Crippen LogP contribution in [0.4, 0.5) is 18.9 Å². The van der Waals surface area contributed by atoms with Gasteiger partial charge in [-0.05, 0) is 71.8 Å². The molecule has 1 fully saturated rings. The SMILES string of the molecule is O=C(NC[C@@H](O)C(=O)O)c1ccc(CN(C(=NCC(F)(F)F)NC(C=S)c2ccc(Cl)cc2)c2ccc(C3CCCCC3)cc2)cc1. The summed E-state index contributed by atoms with van der Waals surface area (Å²) in [7, 11) is 0. The number of thiocarbonyl (C=S) groups is 1. The number of carbonyl (C=O) groups is 2. The zero-order valence-corrected chi connectivity index (χ0v) is 27.0. The number of aliphatic hydroxyl groups is 1. The van der Waals surface area contributed by atoms with Crippen LogP contribution in [0, 0.1) is 0 Å². The van der Waals surface area contributed by atoms with Gasteiger partial charge in [0.05, 0.1) is 19.1 Å². The highest BCUT2D eigenvalue weighted by atomic mass is 35.5. The lowest BCUT2D eigenvalue weighted by atomic mass is 9.84. The third kappa shape index (κ3) is 10.8. The van der Waals surface area contributed by atoms with Gasteiger partial charge in [0.1, 0.15) is 6.54 Å². The van der Waals surface area contributed by atoms with Crippen molar-refractivity contribution in [3.05, 3.63) is 100 Å². The molecule has 1 aliphatic carbocycles. The zero-order valence-electron chi connectivity index (χ0n) is 25.4. The van der Waals surface area contributed by atoms with E-state index in [0.29, 0.717) is 27.8 Å². The number of guanidine groups is 1. The van der Waals surface area contributed by atoms with Gasteiger partial charge in [-0.3, -0.25) is 4.79 Å².